The van der Waals surface area contributed by atoms with Gasteiger partial charge < -0.3 is 16.0 Å². The average molecular weight is 225 g/mol. The van der Waals surface area contributed by atoms with E-state index in [0.29, 0.717) is 13.0 Å². The summed E-state index contributed by atoms with van der Waals surface area (Å²) in [5.41, 5.74) is 5.50. The molecular formula is C11H19N3O2. The quantitative estimate of drug-likeness (QED) is 0.719. The Hall–Kier alpha value is -1.52. The number of primary amides is 1. The smallest absolute Gasteiger partial charge is 0.223 e. The van der Waals surface area contributed by atoms with Gasteiger partial charge in [-0.2, -0.15) is 0 Å². The van der Waals surface area contributed by atoms with Crippen LogP contribution in [0.5, 0.6) is 0 Å². The van der Waals surface area contributed by atoms with Crippen LogP contribution in [0.3, 0.4) is 0 Å². The van der Waals surface area contributed by atoms with E-state index in [0.717, 1.165) is 12.2 Å². The number of hydrogen-bond donors (Lipinski definition) is 2. The Morgan fingerprint density at radius 1 is 1.56 bits per heavy atom. The molecule has 1 rings (SSSR count). The Labute approximate surface area is 95.7 Å². The van der Waals surface area contributed by atoms with Gasteiger partial charge >= 0.3 is 0 Å². The molecule has 1 aliphatic rings. The Morgan fingerprint density at radius 3 is 2.69 bits per heavy atom. The first-order chi connectivity index (χ1) is 7.34. The molecule has 0 unspecified atom stereocenters. The van der Waals surface area contributed by atoms with Crippen molar-refractivity contribution in [1.29, 1.82) is 0 Å². The molecule has 0 saturated carbocycles. The molecule has 0 spiro atoms. The highest BCUT2D eigenvalue weighted by Gasteiger charge is 2.30. The van der Waals surface area contributed by atoms with Crippen molar-refractivity contribution in [2.75, 3.05) is 13.1 Å². The van der Waals surface area contributed by atoms with Crippen LogP contribution < -0.4 is 11.1 Å². The fraction of sp³-hybridized carbons (Fsp3) is 0.636. The molecule has 5 heteroatoms. The Balaban J connectivity index is 2.82. The lowest BCUT2D eigenvalue weighted by molar-refractivity contribution is -0.129. The van der Waals surface area contributed by atoms with Gasteiger partial charge in [-0.1, -0.05) is 13.8 Å². The van der Waals surface area contributed by atoms with Crippen molar-refractivity contribution in [3.8, 4) is 0 Å². The van der Waals surface area contributed by atoms with E-state index < -0.39 is 5.41 Å². The third-order valence-electron chi connectivity index (χ3n) is 2.77. The molecule has 0 fully saturated rings. The molecule has 0 saturated heterocycles. The van der Waals surface area contributed by atoms with Crippen molar-refractivity contribution in [1.82, 2.24) is 10.2 Å². The zero-order valence-corrected chi connectivity index (χ0v) is 10.0. The highest BCUT2D eigenvalue weighted by atomic mass is 16.2. The number of amides is 2. The van der Waals surface area contributed by atoms with Crippen molar-refractivity contribution in [2.45, 2.75) is 27.2 Å². The summed E-state index contributed by atoms with van der Waals surface area (Å²) in [4.78, 5) is 24.3. The first-order valence-electron chi connectivity index (χ1n) is 5.35. The molecule has 5 nitrogen and oxygen atoms in total. The second-order valence-corrected chi connectivity index (χ2v) is 4.69. The molecule has 0 aromatic rings. The summed E-state index contributed by atoms with van der Waals surface area (Å²) in [6.45, 7) is 6.46. The van der Waals surface area contributed by atoms with Crippen molar-refractivity contribution < 1.29 is 9.59 Å². The third kappa shape index (κ3) is 2.74. The van der Waals surface area contributed by atoms with E-state index in [1.165, 1.54) is 6.92 Å². The number of hydrogen-bond acceptors (Lipinski definition) is 3. The standard InChI is InChI=1S/C11H19N3O2/c1-8(15)14-5-4-13-7-9(14)6-11(2,3)10(12)16/h7,13H,4-6H2,1-3H3,(H2,12,16). The molecule has 1 heterocycles. The van der Waals surface area contributed by atoms with E-state index in [9.17, 15) is 9.59 Å². The molecule has 1 aliphatic heterocycles. The van der Waals surface area contributed by atoms with Gasteiger partial charge in [-0.3, -0.25) is 9.59 Å². The Bertz CT molecular complexity index is 334. The second kappa shape index (κ2) is 4.55. The molecule has 3 N–H and O–H groups in total. The maximum Gasteiger partial charge on any atom is 0.223 e. The summed E-state index contributed by atoms with van der Waals surface area (Å²) in [7, 11) is 0. The minimum atomic E-state index is -0.640. The Kier molecular flexibility index (Phi) is 3.57. The average Bonchev–Trinajstić information content (AvgIpc) is 2.17. The number of carbonyl (C=O) groups excluding carboxylic acids is 2. The van der Waals surface area contributed by atoms with Gasteiger partial charge in [0.1, 0.15) is 0 Å². The molecule has 0 bridgehead atoms. The maximum atomic E-state index is 11.4. The van der Waals surface area contributed by atoms with Crippen LogP contribution in [0.15, 0.2) is 11.9 Å². The van der Waals surface area contributed by atoms with E-state index >= 15 is 0 Å². The van der Waals surface area contributed by atoms with Gasteiger partial charge in [0, 0.05) is 43.7 Å². The molecule has 0 atom stereocenters. The van der Waals surface area contributed by atoms with E-state index in [-0.39, 0.29) is 11.8 Å². The lowest BCUT2D eigenvalue weighted by atomic mass is 9.86. The largest absolute Gasteiger partial charge is 0.388 e. The minimum absolute atomic E-state index is 0.00646. The fourth-order valence-corrected chi connectivity index (χ4v) is 1.63. The van der Waals surface area contributed by atoms with Gasteiger partial charge in [0.2, 0.25) is 11.8 Å². The zero-order chi connectivity index (χ0) is 12.3. The summed E-state index contributed by atoms with van der Waals surface area (Å²) in [6, 6.07) is 0. The molecule has 90 valence electrons. The van der Waals surface area contributed by atoms with Crippen molar-refractivity contribution >= 4 is 11.8 Å². The molecule has 16 heavy (non-hydrogen) atoms. The van der Waals surface area contributed by atoms with Crippen LogP contribution in [-0.2, 0) is 9.59 Å². The first-order valence-corrected chi connectivity index (χ1v) is 5.35. The normalized spacial score (nSPS) is 16.4. The lowest BCUT2D eigenvalue weighted by Gasteiger charge is -2.32. The minimum Gasteiger partial charge on any atom is -0.388 e. The SMILES string of the molecule is CC(=O)N1CCNC=C1CC(C)(C)C(N)=O. The second-order valence-electron chi connectivity index (χ2n) is 4.69. The van der Waals surface area contributed by atoms with Gasteiger partial charge in [-0.15, -0.1) is 0 Å². The molecule has 2 amide bonds. The van der Waals surface area contributed by atoms with Crippen molar-refractivity contribution in [2.24, 2.45) is 11.1 Å². The monoisotopic (exact) mass is 225 g/mol. The van der Waals surface area contributed by atoms with Crippen LogP contribution >= 0.6 is 0 Å². The molecule has 0 aromatic heterocycles. The van der Waals surface area contributed by atoms with Crippen molar-refractivity contribution in [3.05, 3.63) is 11.9 Å². The molecule has 0 aromatic carbocycles. The molecule has 0 radical (unpaired) electrons. The summed E-state index contributed by atoms with van der Waals surface area (Å²) in [5, 5.41) is 3.07. The Morgan fingerprint density at radius 2 is 2.19 bits per heavy atom. The van der Waals surface area contributed by atoms with Crippen LogP contribution in [0.4, 0.5) is 0 Å². The van der Waals surface area contributed by atoms with Crippen LogP contribution in [0, 0.1) is 5.41 Å². The number of nitrogens with one attached hydrogen (secondary N) is 1. The summed E-state index contributed by atoms with van der Waals surface area (Å²) >= 11 is 0. The fourth-order valence-electron chi connectivity index (χ4n) is 1.63. The number of carbonyl (C=O) groups is 2. The molecular weight excluding hydrogens is 206 g/mol. The summed E-state index contributed by atoms with van der Waals surface area (Å²) < 4.78 is 0. The predicted molar refractivity (Wildman–Crippen MR) is 61.1 cm³/mol. The number of nitrogens with two attached hydrogens (primary N) is 1. The van der Waals surface area contributed by atoms with E-state index in [2.05, 4.69) is 5.32 Å². The van der Waals surface area contributed by atoms with Crippen LogP contribution in [0.2, 0.25) is 0 Å². The topological polar surface area (TPSA) is 75.4 Å². The first kappa shape index (κ1) is 12.5. The van der Waals surface area contributed by atoms with Gasteiger partial charge in [0.15, 0.2) is 0 Å². The van der Waals surface area contributed by atoms with Crippen LogP contribution in [-0.4, -0.2) is 29.8 Å². The predicted octanol–water partition coefficient (Wildman–Crippen LogP) is 0.181. The van der Waals surface area contributed by atoms with E-state index in [4.69, 9.17) is 5.73 Å². The number of nitrogens with zero attached hydrogens (tertiary/aromatic N) is 1. The van der Waals surface area contributed by atoms with Gasteiger partial charge in [0.05, 0.1) is 0 Å². The maximum absolute atomic E-state index is 11.4. The van der Waals surface area contributed by atoms with Gasteiger partial charge in [0.25, 0.3) is 0 Å². The van der Waals surface area contributed by atoms with Crippen molar-refractivity contribution in [3.63, 3.8) is 0 Å². The van der Waals surface area contributed by atoms with Crippen LogP contribution in [0.25, 0.3) is 0 Å². The third-order valence-corrected chi connectivity index (χ3v) is 2.77. The van der Waals surface area contributed by atoms with Gasteiger partial charge in [-0.25, -0.2) is 0 Å². The highest BCUT2D eigenvalue weighted by molar-refractivity contribution is 5.81. The highest BCUT2D eigenvalue weighted by Crippen LogP contribution is 2.27. The van der Waals surface area contributed by atoms with E-state index in [1.54, 1.807) is 24.9 Å². The lowest BCUT2D eigenvalue weighted by Crippen LogP contribution is -2.42. The number of rotatable bonds is 3. The van der Waals surface area contributed by atoms with E-state index in [1.807, 2.05) is 0 Å². The van der Waals surface area contributed by atoms with Crippen LogP contribution in [0.1, 0.15) is 27.2 Å². The summed E-state index contributed by atoms with van der Waals surface area (Å²) in [5.74, 6) is -0.365. The number of allylic oxidation sites excluding steroid dienone is 1. The summed E-state index contributed by atoms with van der Waals surface area (Å²) in [6.07, 6.45) is 2.25. The zero-order valence-electron chi connectivity index (χ0n) is 10.0. The van der Waals surface area contributed by atoms with Gasteiger partial charge in [-0.05, 0) is 0 Å². The molecule has 0 aliphatic carbocycles.